The molecule has 0 aliphatic rings. The molecule has 0 amide bonds. The molecular weight excluding hydrogens is 244 g/mol. The molecule has 0 aliphatic carbocycles. The van der Waals surface area contributed by atoms with Crippen LogP contribution in [0, 0.1) is 0 Å². The molecule has 0 aliphatic heterocycles. The van der Waals surface area contributed by atoms with Gasteiger partial charge in [0.15, 0.2) is 0 Å². The Hall–Kier alpha value is -0.980. The summed E-state index contributed by atoms with van der Waals surface area (Å²) in [6, 6.07) is 8.24. The number of nitrogens with zero attached hydrogens (tertiary/aromatic N) is 1. The topological polar surface area (TPSA) is 63.4 Å². The van der Waals surface area contributed by atoms with E-state index in [1.807, 2.05) is 0 Å². The Morgan fingerprint density at radius 1 is 1.38 bits per heavy atom. The normalized spacial score (nSPS) is 11.6. The van der Waals surface area contributed by atoms with Gasteiger partial charge >= 0.3 is 0 Å². The van der Waals surface area contributed by atoms with Crippen molar-refractivity contribution < 1.29 is 8.42 Å². The minimum absolute atomic E-state index is 0.0725. The predicted octanol–water partition coefficient (Wildman–Crippen LogP) is 0.983. The highest BCUT2D eigenvalue weighted by Gasteiger charge is 2.22. The average Bonchev–Trinajstić information content (AvgIpc) is 2.26. The third-order valence-corrected chi connectivity index (χ3v) is 4.13. The second kappa shape index (κ2) is 5.38. The predicted molar refractivity (Wildman–Crippen MR) is 67.7 cm³/mol. The van der Waals surface area contributed by atoms with Crippen molar-refractivity contribution in [1.29, 1.82) is 0 Å². The van der Waals surface area contributed by atoms with E-state index in [4.69, 9.17) is 18.0 Å². The van der Waals surface area contributed by atoms with E-state index in [0.29, 0.717) is 6.54 Å². The van der Waals surface area contributed by atoms with Crippen LogP contribution >= 0.6 is 12.2 Å². The number of nitrogens with two attached hydrogens (primary N) is 1. The van der Waals surface area contributed by atoms with Crippen LogP contribution in [0.4, 0.5) is 0 Å². The van der Waals surface area contributed by atoms with Crippen molar-refractivity contribution in [3.8, 4) is 0 Å². The van der Waals surface area contributed by atoms with Gasteiger partial charge in [0.25, 0.3) is 0 Å². The molecule has 4 nitrogen and oxygen atoms in total. The van der Waals surface area contributed by atoms with Gasteiger partial charge in [0.05, 0.1) is 16.4 Å². The molecule has 6 heteroatoms. The fourth-order valence-electron chi connectivity index (χ4n) is 1.28. The van der Waals surface area contributed by atoms with Crippen LogP contribution < -0.4 is 5.73 Å². The van der Waals surface area contributed by atoms with E-state index in [1.54, 1.807) is 37.3 Å². The summed E-state index contributed by atoms with van der Waals surface area (Å²) in [6.45, 7) is 2.16. The molecule has 0 atom stereocenters. The Morgan fingerprint density at radius 3 is 2.38 bits per heavy atom. The SMILES string of the molecule is CCN(CC(N)=S)S(=O)(=O)c1ccccc1. The molecule has 0 radical (unpaired) electrons. The van der Waals surface area contributed by atoms with E-state index in [-0.39, 0.29) is 16.4 Å². The summed E-state index contributed by atoms with van der Waals surface area (Å²) in [6.07, 6.45) is 0. The maximum Gasteiger partial charge on any atom is 0.243 e. The van der Waals surface area contributed by atoms with Crippen LogP contribution in [0.15, 0.2) is 35.2 Å². The molecule has 2 N–H and O–H groups in total. The van der Waals surface area contributed by atoms with Crippen LogP contribution in [0.3, 0.4) is 0 Å². The molecule has 0 saturated carbocycles. The van der Waals surface area contributed by atoms with Gasteiger partial charge < -0.3 is 5.73 Å². The summed E-state index contributed by atoms with van der Waals surface area (Å²) >= 11 is 4.73. The van der Waals surface area contributed by atoms with Crippen LogP contribution in [-0.4, -0.2) is 30.8 Å². The van der Waals surface area contributed by atoms with Crippen LogP contribution in [0.1, 0.15) is 6.92 Å². The highest BCUT2D eigenvalue weighted by Crippen LogP contribution is 2.14. The molecule has 0 heterocycles. The molecule has 1 aromatic carbocycles. The summed E-state index contributed by atoms with van der Waals surface area (Å²) in [5.41, 5.74) is 5.37. The number of hydrogen-bond acceptors (Lipinski definition) is 3. The summed E-state index contributed by atoms with van der Waals surface area (Å²) in [5, 5.41) is 0. The van der Waals surface area contributed by atoms with Crippen molar-refractivity contribution in [1.82, 2.24) is 4.31 Å². The zero-order valence-electron chi connectivity index (χ0n) is 8.96. The number of likely N-dealkylation sites (N-methyl/N-ethyl adjacent to an activating group) is 1. The monoisotopic (exact) mass is 258 g/mol. The van der Waals surface area contributed by atoms with Crippen molar-refractivity contribution in [3.05, 3.63) is 30.3 Å². The van der Waals surface area contributed by atoms with E-state index >= 15 is 0 Å². The molecule has 0 saturated heterocycles. The smallest absolute Gasteiger partial charge is 0.243 e. The molecule has 16 heavy (non-hydrogen) atoms. The van der Waals surface area contributed by atoms with E-state index in [9.17, 15) is 8.42 Å². The molecule has 88 valence electrons. The molecule has 0 aromatic heterocycles. The van der Waals surface area contributed by atoms with E-state index in [1.165, 1.54) is 4.31 Å². The van der Waals surface area contributed by atoms with E-state index in [2.05, 4.69) is 0 Å². The number of sulfonamides is 1. The maximum atomic E-state index is 12.1. The highest BCUT2D eigenvalue weighted by molar-refractivity contribution is 7.89. The Morgan fingerprint density at radius 2 is 1.94 bits per heavy atom. The fourth-order valence-corrected chi connectivity index (χ4v) is 2.97. The lowest BCUT2D eigenvalue weighted by atomic mass is 10.4. The first-order valence-electron chi connectivity index (χ1n) is 4.82. The Kier molecular flexibility index (Phi) is 4.40. The first kappa shape index (κ1) is 13.1. The largest absolute Gasteiger partial charge is 0.392 e. The summed E-state index contributed by atoms with van der Waals surface area (Å²) in [7, 11) is -3.48. The lowest BCUT2D eigenvalue weighted by Gasteiger charge is -2.19. The van der Waals surface area contributed by atoms with Crippen molar-refractivity contribution >= 4 is 27.2 Å². The third kappa shape index (κ3) is 3.01. The minimum Gasteiger partial charge on any atom is -0.392 e. The zero-order valence-corrected chi connectivity index (χ0v) is 10.6. The van der Waals surface area contributed by atoms with Crippen molar-refractivity contribution in [3.63, 3.8) is 0 Å². The van der Waals surface area contributed by atoms with Gasteiger partial charge in [-0.15, -0.1) is 0 Å². The Balaban J connectivity index is 3.05. The number of hydrogen-bond donors (Lipinski definition) is 1. The first-order chi connectivity index (χ1) is 7.48. The first-order valence-corrected chi connectivity index (χ1v) is 6.66. The van der Waals surface area contributed by atoms with Crippen LogP contribution in [0.5, 0.6) is 0 Å². The van der Waals surface area contributed by atoms with Gasteiger partial charge in [-0.1, -0.05) is 37.3 Å². The zero-order chi connectivity index (χ0) is 12.2. The van der Waals surface area contributed by atoms with Crippen molar-refractivity contribution in [2.24, 2.45) is 5.73 Å². The van der Waals surface area contributed by atoms with Gasteiger partial charge in [0.1, 0.15) is 0 Å². The fraction of sp³-hybridized carbons (Fsp3) is 0.300. The number of benzene rings is 1. The Labute approximate surface area is 101 Å². The standard InChI is InChI=1S/C10H14N2O2S2/c1-2-12(8-10(11)15)16(13,14)9-6-4-3-5-7-9/h3-7H,2,8H2,1H3,(H2,11,15). The molecular formula is C10H14N2O2S2. The summed E-state index contributed by atoms with van der Waals surface area (Å²) in [4.78, 5) is 0.425. The van der Waals surface area contributed by atoms with Gasteiger partial charge in [-0.05, 0) is 12.1 Å². The molecule has 0 bridgehead atoms. The molecule has 0 spiro atoms. The molecule has 1 aromatic rings. The average molecular weight is 258 g/mol. The quantitative estimate of drug-likeness (QED) is 0.800. The van der Waals surface area contributed by atoms with Gasteiger partial charge in [-0.3, -0.25) is 0 Å². The van der Waals surface area contributed by atoms with Gasteiger partial charge in [-0.25, -0.2) is 8.42 Å². The second-order valence-electron chi connectivity index (χ2n) is 3.21. The third-order valence-electron chi connectivity index (χ3n) is 2.07. The lowest BCUT2D eigenvalue weighted by Crippen LogP contribution is -2.37. The van der Waals surface area contributed by atoms with Crippen molar-refractivity contribution in [2.75, 3.05) is 13.1 Å². The summed E-state index contributed by atoms with van der Waals surface area (Å²) < 4.78 is 25.5. The maximum absolute atomic E-state index is 12.1. The highest BCUT2D eigenvalue weighted by atomic mass is 32.2. The summed E-state index contributed by atoms with van der Waals surface area (Å²) in [5.74, 6) is 0. The van der Waals surface area contributed by atoms with Crippen LogP contribution in [0.25, 0.3) is 0 Å². The van der Waals surface area contributed by atoms with Crippen molar-refractivity contribution in [2.45, 2.75) is 11.8 Å². The van der Waals surface area contributed by atoms with E-state index < -0.39 is 10.0 Å². The second-order valence-corrected chi connectivity index (χ2v) is 5.67. The van der Waals surface area contributed by atoms with Crippen LogP contribution in [0.2, 0.25) is 0 Å². The molecule has 0 fully saturated rings. The van der Waals surface area contributed by atoms with Gasteiger partial charge in [-0.2, -0.15) is 4.31 Å². The van der Waals surface area contributed by atoms with Crippen LogP contribution in [-0.2, 0) is 10.0 Å². The van der Waals surface area contributed by atoms with Gasteiger partial charge in [0, 0.05) is 6.54 Å². The minimum atomic E-state index is -3.48. The number of rotatable bonds is 5. The lowest BCUT2D eigenvalue weighted by molar-refractivity contribution is 0.468. The van der Waals surface area contributed by atoms with Gasteiger partial charge in [0.2, 0.25) is 10.0 Å². The molecule has 1 rings (SSSR count). The molecule has 0 unspecified atom stereocenters. The number of thiocarbonyl (C=S) groups is 1. The Bertz CT molecular complexity index is 457. The van der Waals surface area contributed by atoms with E-state index in [0.717, 1.165) is 0 Å².